The summed E-state index contributed by atoms with van der Waals surface area (Å²) >= 11 is 0. The number of amides is 4. The molecular weight excluding hydrogens is 526 g/mol. The van der Waals surface area contributed by atoms with Crippen LogP contribution in [0, 0.1) is 0 Å². The maximum atomic E-state index is 12.9. The molecule has 5 N–H and O–H groups in total. The maximum Gasteiger partial charge on any atom is 0.407 e. The number of carbonyl (C=O) groups is 4. The standard InChI is InChI=1S/C30H29N5O6/c31-32-16-19-11-9-18(10-12-19)15-26-27(36)35(29(39)33-26)14-13-25(28(37)38)34-30(40)41-17-24-22-7-3-1-5-20(22)21-6-2-4-8-23(21)24/h1-12,16,24-26H,13-15,17,31H2,(H,33,39)(H,34,40)(H,37,38). The van der Waals surface area contributed by atoms with Crippen molar-refractivity contribution in [2.24, 2.45) is 10.9 Å². The van der Waals surface area contributed by atoms with Crippen molar-refractivity contribution in [3.8, 4) is 11.1 Å². The van der Waals surface area contributed by atoms with Crippen LogP contribution in [0.5, 0.6) is 0 Å². The van der Waals surface area contributed by atoms with Crippen molar-refractivity contribution in [2.75, 3.05) is 13.2 Å². The number of nitrogens with zero attached hydrogens (tertiary/aromatic N) is 2. The quantitative estimate of drug-likeness (QED) is 0.129. The first-order valence-corrected chi connectivity index (χ1v) is 13.1. The first-order valence-electron chi connectivity index (χ1n) is 13.1. The van der Waals surface area contributed by atoms with Gasteiger partial charge in [-0.25, -0.2) is 14.4 Å². The van der Waals surface area contributed by atoms with Crippen LogP contribution in [-0.4, -0.2) is 65.5 Å². The number of urea groups is 1. The van der Waals surface area contributed by atoms with E-state index in [1.807, 2.05) is 48.5 Å². The number of hydrazone groups is 1. The van der Waals surface area contributed by atoms with Crippen molar-refractivity contribution in [3.05, 3.63) is 95.1 Å². The number of fused-ring (bicyclic) bond motifs is 3. The van der Waals surface area contributed by atoms with Gasteiger partial charge < -0.3 is 26.3 Å². The van der Waals surface area contributed by atoms with E-state index in [-0.39, 0.29) is 31.9 Å². The molecule has 0 radical (unpaired) electrons. The number of ether oxygens (including phenoxy) is 1. The molecule has 3 aromatic rings. The van der Waals surface area contributed by atoms with Gasteiger partial charge in [0, 0.05) is 18.9 Å². The summed E-state index contributed by atoms with van der Waals surface area (Å²) < 4.78 is 5.45. The van der Waals surface area contributed by atoms with Crippen molar-refractivity contribution in [3.63, 3.8) is 0 Å². The van der Waals surface area contributed by atoms with Gasteiger partial charge in [-0.15, -0.1) is 0 Å². The second kappa shape index (κ2) is 11.9. The number of carboxylic acids is 1. The molecule has 0 saturated carbocycles. The van der Waals surface area contributed by atoms with E-state index in [4.69, 9.17) is 10.6 Å². The molecule has 1 aliphatic heterocycles. The lowest BCUT2D eigenvalue weighted by atomic mass is 9.98. The van der Waals surface area contributed by atoms with E-state index >= 15 is 0 Å². The molecule has 11 nitrogen and oxygen atoms in total. The molecule has 0 aromatic heterocycles. The van der Waals surface area contributed by atoms with Gasteiger partial charge in [-0.3, -0.25) is 9.69 Å². The Morgan fingerprint density at radius 1 is 1.02 bits per heavy atom. The lowest BCUT2D eigenvalue weighted by Gasteiger charge is -2.19. The molecule has 4 amide bonds. The van der Waals surface area contributed by atoms with Crippen LogP contribution in [0.2, 0.25) is 0 Å². The third-order valence-corrected chi connectivity index (χ3v) is 7.33. The van der Waals surface area contributed by atoms with Crippen molar-refractivity contribution in [1.82, 2.24) is 15.5 Å². The highest BCUT2D eigenvalue weighted by atomic mass is 16.5. The molecule has 2 unspecified atom stereocenters. The van der Waals surface area contributed by atoms with Gasteiger partial charge in [-0.05, 0) is 39.8 Å². The summed E-state index contributed by atoms with van der Waals surface area (Å²) in [6.45, 7) is -0.158. The summed E-state index contributed by atoms with van der Waals surface area (Å²) in [6.07, 6.45) is 0.682. The Morgan fingerprint density at radius 2 is 1.66 bits per heavy atom. The molecule has 2 atom stereocenters. The van der Waals surface area contributed by atoms with Gasteiger partial charge in [0.05, 0.1) is 6.21 Å². The molecular formula is C30H29N5O6. The van der Waals surface area contributed by atoms with E-state index in [2.05, 4.69) is 15.7 Å². The number of imide groups is 1. The van der Waals surface area contributed by atoms with Gasteiger partial charge in [0.2, 0.25) is 0 Å². The zero-order valence-corrected chi connectivity index (χ0v) is 22.0. The molecule has 11 heteroatoms. The van der Waals surface area contributed by atoms with Gasteiger partial charge in [0.1, 0.15) is 18.7 Å². The van der Waals surface area contributed by atoms with Gasteiger partial charge >= 0.3 is 18.1 Å². The Balaban J connectivity index is 1.15. The molecule has 1 saturated heterocycles. The Kier molecular flexibility index (Phi) is 7.95. The van der Waals surface area contributed by atoms with Crippen molar-refractivity contribution < 1.29 is 29.0 Å². The Labute approximate surface area is 236 Å². The third-order valence-electron chi connectivity index (χ3n) is 7.33. The topological polar surface area (TPSA) is 163 Å². The first-order chi connectivity index (χ1) is 19.9. The predicted molar refractivity (Wildman–Crippen MR) is 150 cm³/mol. The second-order valence-corrected chi connectivity index (χ2v) is 9.87. The monoisotopic (exact) mass is 555 g/mol. The molecule has 1 fully saturated rings. The highest BCUT2D eigenvalue weighted by molar-refractivity contribution is 6.04. The third kappa shape index (κ3) is 5.88. The van der Waals surface area contributed by atoms with E-state index < -0.39 is 36.1 Å². The minimum absolute atomic E-state index is 0.0287. The highest BCUT2D eigenvalue weighted by Crippen LogP contribution is 2.44. The predicted octanol–water partition coefficient (Wildman–Crippen LogP) is 2.82. The average Bonchev–Trinajstić information content (AvgIpc) is 3.43. The fraction of sp³-hybridized carbons (Fsp3) is 0.233. The van der Waals surface area contributed by atoms with Crippen molar-refractivity contribution >= 4 is 30.2 Å². The zero-order chi connectivity index (χ0) is 28.9. The van der Waals surface area contributed by atoms with Gasteiger partial charge in [0.15, 0.2) is 0 Å². The normalized spacial score (nSPS) is 16.8. The van der Waals surface area contributed by atoms with E-state index in [0.29, 0.717) is 0 Å². The minimum atomic E-state index is -1.36. The zero-order valence-electron chi connectivity index (χ0n) is 22.0. The number of nitrogens with two attached hydrogens (primary N) is 1. The maximum absolute atomic E-state index is 12.9. The van der Waals surface area contributed by atoms with Crippen molar-refractivity contribution in [1.29, 1.82) is 0 Å². The number of rotatable bonds is 10. The number of hydrogen-bond acceptors (Lipinski definition) is 7. The number of hydrogen-bond donors (Lipinski definition) is 4. The smallest absolute Gasteiger partial charge is 0.407 e. The van der Waals surface area contributed by atoms with Gasteiger partial charge in [0.25, 0.3) is 5.91 Å². The summed E-state index contributed by atoms with van der Waals surface area (Å²) in [5.74, 6) is 3.21. The molecule has 1 heterocycles. The largest absolute Gasteiger partial charge is 0.480 e. The van der Waals surface area contributed by atoms with E-state index in [1.54, 1.807) is 24.3 Å². The molecule has 2 aliphatic rings. The number of aliphatic carboxylic acids is 1. The summed E-state index contributed by atoms with van der Waals surface area (Å²) in [6, 6.07) is 20.2. The van der Waals surface area contributed by atoms with Gasteiger partial charge in [-0.1, -0.05) is 72.8 Å². The number of nitrogens with one attached hydrogen (secondary N) is 2. The first kappa shape index (κ1) is 27.4. The summed E-state index contributed by atoms with van der Waals surface area (Å²) in [4.78, 5) is 50.8. The van der Waals surface area contributed by atoms with Crippen LogP contribution >= 0.6 is 0 Å². The minimum Gasteiger partial charge on any atom is -0.480 e. The van der Waals surface area contributed by atoms with E-state index in [0.717, 1.165) is 38.3 Å². The summed E-state index contributed by atoms with van der Waals surface area (Å²) in [7, 11) is 0. The molecule has 0 bridgehead atoms. The molecule has 1 aliphatic carbocycles. The van der Waals surface area contributed by atoms with Crippen LogP contribution in [0.3, 0.4) is 0 Å². The average molecular weight is 556 g/mol. The molecule has 210 valence electrons. The van der Waals surface area contributed by atoms with Crippen LogP contribution in [0.4, 0.5) is 9.59 Å². The number of carboxylic acid groups (broad SMARTS) is 1. The highest BCUT2D eigenvalue weighted by Gasteiger charge is 2.38. The SMILES string of the molecule is NN=Cc1ccc(CC2NC(=O)N(CCC(NC(=O)OCC3c4ccccc4-c4ccccc43)C(=O)O)C2=O)cc1. The van der Waals surface area contributed by atoms with Crippen LogP contribution in [-0.2, 0) is 20.7 Å². The number of benzene rings is 3. The lowest BCUT2D eigenvalue weighted by molar-refractivity contribution is -0.140. The Hall–Kier alpha value is -5.19. The van der Waals surface area contributed by atoms with E-state index in [9.17, 15) is 24.3 Å². The molecule has 0 spiro atoms. The van der Waals surface area contributed by atoms with Crippen LogP contribution in [0.15, 0.2) is 77.9 Å². The number of alkyl carbamates (subject to hydrolysis) is 1. The summed E-state index contributed by atoms with van der Waals surface area (Å²) in [5.41, 5.74) is 5.83. The Morgan fingerprint density at radius 3 is 2.27 bits per heavy atom. The summed E-state index contributed by atoms with van der Waals surface area (Å²) in [5, 5.41) is 18.1. The van der Waals surface area contributed by atoms with Crippen LogP contribution in [0.1, 0.15) is 34.6 Å². The van der Waals surface area contributed by atoms with Crippen molar-refractivity contribution in [2.45, 2.75) is 30.8 Å². The second-order valence-electron chi connectivity index (χ2n) is 9.87. The van der Waals surface area contributed by atoms with Crippen LogP contribution < -0.4 is 16.5 Å². The fourth-order valence-corrected chi connectivity index (χ4v) is 5.29. The Bertz CT molecular complexity index is 1460. The molecule has 41 heavy (non-hydrogen) atoms. The number of carbonyl (C=O) groups excluding carboxylic acids is 3. The molecule has 5 rings (SSSR count). The lowest BCUT2D eigenvalue weighted by Crippen LogP contribution is -2.44. The molecule has 3 aromatic carbocycles. The van der Waals surface area contributed by atoms with Gasteiger partial charge in [-0.2, -0.15) is 5.10 Å². The van der Waals surface area contributed by atoms with Crippen LogP contribution in [0.25, 0.3) is 11.1 Å². The fourth-order valence-electron chi connectivity index (χ4n) is 5.29. The van der Waals surface area contributed by atoms with E-state index in [1.165, 1.54) is 6.21 Å².